The number of β-lactam (4-membered cyclic amide) rings is 1. The number of pyridine rings is 1. The summed E-state index contributed by atoms with van der Waals surface area (Å²) in [6.07, 6.45) is 1.83. The van der Waals surface area contributed by atoms with E-state index >= 15 is 0 Å². The molecule has 7 heteroatoms. The average molecular weight is 290 g/mol. The molecule has 112 valence electrons. The summed E-state index contributed by atoms with van der Waals surface area (Å²) in [4.78, 5) is 28.7. The number of amides is 1. The maximum atomic E-state index is 12.2. The van der Waals surface area contributed by atoms with Crippen molar-refractivity contribution < 1.29 is 14.7 Å². The van der Waals surface area contributed by atoms with Crippen molar-refractivity contribution in [1.29, 1.82) is 0 Å². The zero-order valence-electron chi connectivity index (χ0n) is 11.9. The molecule has 1 fully saturated rings. The van der Waals surface area contributed by atoms with Crippen molar-refractivity contribution in [3.05, 3.63) is 35.3 Å². The number of aromatic nitrogens is 1. The van der Waals surface area contributed by atoms with Crippen LogP contribution in [0.15, 0.2) is 29.7 Å². The third-order valence-electron chi connectivity index (χ3n) is 3.54. The highest BCUT2D eigenvalue weighted by atomic mass is 16.4. The summed E-state index contributed by atoms with van der Waals surface area (Å²) in [6, 6.07) is 2.41. The predicted octanol–water partition coefficient (Wildman–Crippen LogP) is 0.328. The van der Waals surface area contributed by atoms with Crippen molar-refractivity contribution in [1.82, 2.24) is 9.88 Å². The average Bonchev–Trinajstić information content (AvgIpc) is 2.40. The van der Waals surface area contributed by atoms with Crippen LogP contribution in [0.5, 0.6) is 0 Å². The number of hydrogen-bond acceptors (Lipinski definition) is 5. The van der Waals surface area contributed by atoms with E-state index in [0.717, 1.165) is 10.5 Å². The second-order valence-corrected chi connectivity index (χ2v) is 5.28. The van der Waals surface area contributed by atoms with Crippen LogP contribution in [-0.2, 0) is 16.0 Å². The molecule has 2 atom stereocenters. The number of hydrogen-bond donors (Lipinski definition) is 3. The summed E-state index contributed by atoms with van der Waals surface area (Å²) < 4.78 is 0. The number of carbonyl (C=O) groups is 2. The molecular weight excluding hydrogens is 272 g/mol. The summed E-state index contributed by atoms with van der Waals surface area (Å²) in [5.74, 6) is -1.44. The molecule has 1 saturated heterocycles. The second-order valence-electron chi connectivity index (χ2n) is 5.28. The number of likely N-dealkylation sites (tertiary alicyclic amines) is 1. The summed E-state index contributed by atoms with van der Waals surface area (Å²) in [6.45, 7) is 3.47. The fourth-order valence-electron chi connectivity index (χ4n) is 2.41. The van der Waals surface area contributed by atoms with E-state index in [1.54, 1.807) is 26.0 Å². The fourth-order valence-corrected chi connectivity index (χ4v) is 2.41. The van der Waals surface area contributed by atoms with Crippen molar-refractivity contribution in [2.45, 2.75) is 26.3 Å². The van der Waals surface area contributed by atoms with Gasteiger partial charge in [-0.15, -0.1) is 0 Å². The zero-order chi connectivity index (χ0) is 15.7. The first-order chi connectivity index (χ1) is 9.82. The van der Waals surface area contributed by atoms with E-state index in [9.17, 15) is 14.7 Å². The number of rotatable bonds is 4. The molecule has 0 aliphatic carbocycles. The van der Waals surface area contributed by atoms with Crippen molar-refractivity contribution >= 4 is 17.7 Å². The molecule has 0 aromatic carbocycles. The molecule has 0 saturated carbocycles. The molecule has 0 spiro atoms. The van der Waals surface area contributed by atoms with Crippen LogP contribution in [0.4, 0.5) is 5.82 Å². The third-order valence-corrected chi connectivity index (χ3v) is 3.54. The Labute approximate surface area is 122 Å². The normalized spacial score (nSPS) is 20.9. The number of nitrogens with two attached hydrogens (primary N) is 2. The SMILES string of the molecule is CC(C)=C(N)N1C(=O)[C@H](Cc2ccnc(N)c2)[C@H]1C(=O)O. The lowest BCUT2D eigenvalue weighted by atomic mass is 9.82. The van der Waals surface area contributed by atoms with Crippen LogP contribution in [0, 0.1) is 5.92 Å². The van der Waals surface area contributed by atoms with Crippen molar-refractivity contribution in [2.24, 2.45) is 11.7 Å². The monoisotopic (exact) mass is 290 g/mol. The van der Waals surface area contributed by atoms with E-state index in [1.807, 2.05) is 0 Å². The highest BCUT2D eigenvalue weighted by Gasteiger charge is 2.52. The lowest BCUT2D eigenvalue weighted by Crippen LogP contribution is -2.65. The van der Waals surface area contributed by atoms with E-state index in [4.69, 9.17) is 11.5 Å². The number of carboxylic acids is 1. The smallest absolute Gasteiger partial charge is 0.327 e. The number of carboxylic acid groups (broad SMARTS) is 1. The van der Waals surface area contributed by atoms with Gasteiger partial charge in [-0.3, -0.25) is 9.69 Å². The largest absolute Gasteiger partial charge is 0.480 e. The number of anilines is 1. The van der Waals surface area contributed by atoms with Gasteiger partial charge in [-0.2, -0.15) is 0 Å². The van der Waals surface area contributed by atoms with E-state index in [0.29, 0.717) is 17.8 Å². The van der Waals surface area contributed by atoms with Crippen LogP contribution in [0.1, 0.15) is 19.4 Å². The lowest BCUT2D eigenvalue weighted by molar-refractivity contribution is -0.167. The van der Waals surface area contributed by atoms with Crippen LogP contribution in [0.2, 0.25) is 0 Å². The Kier molecular flexibility index (Phi) is 3.84. The summed E-state index contributed by atoms with van der Waals surface area (Å²) in [5.41, 5.74) is 12.9. The lowest BCUT2D eigenvalue weighted by Gasteiger charge is -2.45. The molecule has 1 aliphatic heterocycles. The van der Waals surface area contributed by atoms with Gasteiger partial charge >= 0.3 is 5.97 Å². The van der Waals surface area contributed by atoms with Crippen molar-refractivity contribution in [2.75, 3.05) is 5.73 Å². The van der Waals surface area contributed by atoms with Crippen LogP contribution >= 0.6 is 0 Å². The van der Waals surface area contributed by atoms with Crippen LogP contribution in [0.3, 0.4) is 0 Å². The molecule has 21 heavy (non-hydrogen) atoms. The molecule has 2 heterocycles. The summed E-state index contributed by atoms with van der Waals surface area (Å²) >= 11 is 0. The highest BCUT2D eigenvalue weighted by molar-refractivity contribution is 5.98. The summed E-state index contributed by atoms with van der Waals surface area (Å²) in [5, 5.41) is 9.35. The van der Waals surface area contributed by atoms with Gasteiger partial charge < -0.3 is 16.6 Å². The van der Waals surface area contributed by atoms with Crippen LogP contribution in [0.25, 0.3) is 0 Å². The minimum Gasteiger partial charge on any atom is -0.480 e. The van der Waals surface area contributed by atoms with E-state index in [2.05, 4.69) is 4.98 Å². The predicted molar refractivity (Wildman–Crippen MR) is 76.7 cm³/mol. The van der Waals surface area contributed by atoms with Gasteiger partial charge in [0, 0.05) is 6.20 Å². The van der Waals surface area contributed by atoms with Crippen molar-refractivity contribution in [3.63, 3.8) is 0 Å². The minimum atomic E-state index is -1.06. The maximum Gasteiger partial charge on any atom is 0.327 e. The van der Waals surface area contributed by atoms with Gasteiger partial charge in [-0.1, -0.05) is 0 Å². The molecule has 1 aromatic rings. The summed E-state index contributed by atoms with van der Waals surface area (Å²) in [7, 11) is 0. The zero-order valence-corrected chi connectivity index (χ0v) is 11.9. The molecule has 1 aliphatic rings. The maximum absolute atomic E-state index is 12.2. The molecule has 2 rings (SSSR count). The van der Waals surface area contributed by atoms with Gasteiger partial charge in [0.2, 0.25) is 5.91 Å². The highest BCUT2D eigenvalue weighted by Crippen LogP contribution is 2.33. The third kappa shape index (κ3) is 2.67. The molecule has 0 radical (unpaired) electrons. The van der Waals surface area contributed by atoms with Gasteiger partial charge in [0.15, 0.2) is 0 Å². The van der Waals surface area contributed by atoms with Gasteiger partial charge in [0.25, 0.3) is 0 Å². The van der Waals surface area contributed by atoms with E-state index < -0.39 is 17.9 Å². The molecule has 1 aromatic heterocycles. The Balaban J connectivity index is 2.23. The second kappa shape index (κ2) is 5.43. The van der Waals surface area contributed by atoms with Gasteiger partial charge in [-0.05, 0) is 43.5 Å². The molecular formula is C14H18N4O3. The van der Waals surface area contributed by atoms with Crippen LogP contribution in [-0.4, -0.2) is 32.9 Å². The number of allylic oxidation sites excluding steroid dienone is 1. The Hall–Kier alpha value is -2.57. The Bertz CT molecular complexity index is 622. The number of nitrogen functional groups attached to an aromatic ring is 1. The number of nitrogens with zero attached hydrogens (tertiary/aromatic N) is 2. The van der Waals surface area contributed by atoms with E-state index in [-0.39, 0.29) is 11.7 Å². The number of aliphatic carboxylic acids is 1. The fraction of sp³-hybridized carbons (Fsp3) is 0.357. The Morgan fingerprint density at radius 1 is 1.48 bits per heavy atom. The standard InChI is InChI=1S/C14H18N4O3/c1-7(2)12(16)18-11(14(20)21)9(13(18)19)5-8-3-4-17-10(15)6-8/h3-4,6,9,11H,5,16H2,1-2H3,(H2,15,17)(H,20,21)/t9-,11+/m1/s1. The molecule has 7 nitrogen and oxygen atoms in total. The van der Waals surface area contributed by atoms with Gasteiger partial charge in [-0.25, -0.2) is 9.78 Å². The Morgan fingerprint density at radius 2 is 2.14 bits per heavy atom. The molecule has 0 bridgehead atoms. The van der Waals surface area contributed by atoms with Gasteiger partial charge in [0.1, 0.15) is 17.7 Å². The minimum absolute atomic E-state index is 0.206. The number of carbonyl (C=O) groups excluding carboxylic acids is 1. The first-order valence-electron chi connectivity index (χ1n) is 6.52. The quantitative estimate of drug-likeness (QED) is 0.687. The molecule has 0 unspecified atom stereocenters. The Morgan fingerprint density at radius 3 is 2.67 bits per heavy atom. The van der Waals surface area contributed by atoms with Crippen molar-refractivity contribution in [3.8, 4) is 0 Å². The molecule has 5 N–H and O–H groups in total. The topological polar surface area (TPSA) is 123 Å². The van der Waals surface area contributed by atoms with Gasteiger partial charge in [0.05, 0.1) is 5.92 Å². The first-order valence-corrected chi connectivity index (χ1v) is 6.52. The van der Waals surface area contributed by atoms with E-state index in [1.165, 1.54) is 6.20 Å². The first kappa shape index (κ1) is 14.8. The van der Waals surface area contributed by atoms with Crippen LogP contribution < -0.4 is 11.5 Å². The molecule has 1 amide bonds.